The van der Waals surface area contributed by atoms with Gasteiger partial charge in [0.15, 0.2) is 0 Å². The number of rotatable bonds is 3. The smallest absolute Gasteiger partial charge is 0.310 e. The summed E-state index contributed by atoms with van der Waals surface area (Å²) in [5, 5.41) is 0. The van der Waals surface area contributed by atoms with Crippen LogP contribution in [-0.2, 0) is 14.3 Å². The number of likely N-dealkylation sites (tertiary alicyclic amines) is 1. The van der Waals surface area contributed by atoms with Crippen LogP contribution in [-0.4, -0.2) is 36.5 Å². The molecular weight excluding hydrogens is 182 g/mol. The molecule has 1 saturated heterocycles. The molecule has 14 heavy (non-hydrogen) atoms. The quantitative estimate of drug-likeness (QED) is 0.491. The highest BCUT2D eigenvalue weighted by atomic mass is 16.5. The van der Waals surface area contributed by atoms with Crippen molar-refractivity contribution in [3.8, 4) is 0 Å². The summed E-state index contributed by atoms with van der Waals surface area (Å²) in [4.78, 5) is 24.1. The molecule has 0 aliphatic carbocycles. The van der Waals surface area contributed by atoms with Crippen LogP contribution in [0.15, 0.2) is 12.7 Å². The van der Waals surface area contributed by atoms with Crippen molar-refractivity contribution in [2.75, 3.05) is 19.7 Å². The van der Waals surface area contributed by atoms with Gasteiger partial charge >= 0.3 is 5.97 Å². The molecule has 0 radical (unpaired) electrons. The molecule has 1 unspecified atom stereocenters. The van der Waals surface area contributed by atoms with Crippen molar-refractivity contribution in [2.24, 2.45) is 5.92 Å². The van der Waals surface area contributed by atoms with E-state index in [9.17, 15) is 9.59 Å². The second-order valence-electron chi connectivity index (χ2n) is 3.23. The molecule has 78 valence electrons. The fourth-order valence-electron chi connectivity index (χ4n) is 1.54. The van der Waals surface area contributed by atoms with E-state index >= 15 is 0 Å². The molecule has 0 spiro atoms. The Morgan fingerprint density at radius 3 is 2.93 bits per heavy atom. The lowest BCUT2D eigenvalue weighted by molar-refractivity contribution is -0.147. The van der Waals surface area contributed by atoms with Gasteiger partial charge in [-0.25, -0.2) is 0 Å². The predicted octanol–water partition coefficient (Wildman–Crippen LogP) is 0.584. The van der Waals surface area contributed by atoms with Crippen LogP contribution in [0.3, 0.4) is 0 Å². The highest BCUT2D eigenvalue weighted by Gasteiger charge is 2.30. The average molecular weight is 197 g/mol. The molecule has 1 aliphatic heterocycles. The number of amides is 1. The predicted molar refractivity (Wildman–Crippen MR) is 51.5 cm³/mol. The Kier molecular flexibility index (Phi) is 3.68. The summed E-state index contributed by atoms with van der Waals surface area (Å²) >= 11 is 0. The molecule has 1 amide bonds. The zero-order chi connectivity index (χ0) is 10.6. The lowest BCUT2D eigenvalue weighted by Crippen LogP contribution is -2.28. The van der Waals surface area contributed by atoms with Crippen molar-refractivity contribution in [2.45, 2.75) is 13.3 Å². The summed E-state index contributed by atoms with van der Waals surface area (Å²) in [6.07, 6.45) is 1.96. The van der Waals surface area contributed by atoms with Gasteiger partial charge in [0, 0.05) is 13.1 Å². The van der Waals surface area contributed by atoms with Crippen molar-refractivity contribution in [1.29, 1.82) is 0 Å². The first-order valence-electron chi connectivity index (χ1n) is 4.77. The van der Waals surface area contributed by atoms with Crippen LogP contribution in [0.5, 0.6) is 0 Å². The Labute approximate surface area is 83.5 Å². The SMILES string of the molecule is C=CC(=O)N1CCC(C(=O)OCC)C1. The molecule has 1 rings (SSSR count). The minimum absolute atomic E-state index is 0.114. The second kappa shape index (κ2) is 4.79. The molecule has 4 nitrogen and oxygen atoms in total. The Morgan fingerprint density at radius 1 is 1.64 bits per heavy atom. The van der Waals surface area contributed by atoms with E-state index in [4.69, 9.17) is 4.74 Å². The molecule has 0 N–H and O–H groups in total. The maximum atomic E-state index is 11.3. The van der Waals surface area contributed by atoms with Gasteiger partial charge < -0.3 is 9.64 Å². The van der Waals surface area contributed by atoms with Crippen LogP contribution >= 0.6 is 0 Å². The Bertz CT molecular complexity index is 250. The van der Waals surface area contributed by atoms with E-state index in [1.807, 2.05) is 0 Å². The molecule has 1 fully saturated rings. The van der Waals surface area contributed by atoms with Crippen LogP contribution in [0.4, 0.5) is 0 Å². The molecule has 1 atom stereocenters. The van der Waals surface area contributed by atoms with Crippen molar-refractivity contribution in [3.05, 3.63) is 12.7 Å². The largest absolute Gasteiger partial charge is 0.466 e. The van der Waals surface area contributed by atoms with Crippen molar-refractivity contribution >= 4 is 11.9 Å². The second-order valence-corrected chi connectivity index (χ2v) is 3.23. The topological polar surface area (TPSA) is 46.6 Å². The number of nitrogens with zero attached hydrogens (tertiary/aromatic N) is 1. The molecule has 4 heteroatoms. The number of hydrogen-bond donors (Lipinski definition) is 0. The summed E-state index contributed by atoms with van der Waals surface area (Å²) in [6.45, 7) is 6.66. The van der Waals surface area contributed by atoms with E-state index in [1.165, 1.54) is 6.08 Å². The zero-order valence-electron chi connectivity index (χ0n) is 8.36. The van der Waals surface area contributed by atoms with Crippen molar-refractivity contribution in [1.82, 2.24) is 4.90 Å². The maximum absolute atomic E-state index is 11.3. The first-order chi connectivity index (χ1) is 6.69. The molecular formula is C10H15NO3. The van der Waals surface area contributed by atoms with Crippen LogP contribution in [0.2, 0.25) is 0 Å². The lowest BCUT2D eigenvalue weighted by Gasteiger charge is -2.13. The molecule has 0 bridgehead atoms. The summed E-state index contributed by atoms with van der Waals surface area (Å²) in [6, 6.07) is 0. The lowest BCUT2D eigenvalue weighted by atomic mass is 10.1. The summed E-state index contributed by atoms with van der Waals surface area (Å²) in [5.74, 6) is -0.470. The molecule has 0 aromatic carbocycles. The minimum Gasteiger partial charge on any atom is -0.466 e. The third-order valence-corrected chi connectivity index (χ3v) is 2.29. The number of ether oxygens (including phenoxy) is 1. The monoisotopic (exact) mass is 197 g/mol. The van der Waals surface area contributed by atoms with Gasteiger partial charge in [0.1, 0.15) is 0 Å². The normalized spacial score (nSPS) is 20.6. The molecule has 1 aliphatic rings. The third-order valence-electron chi connectivity index (χ3n) is 2.29. The van der Waals surface area contributed by atoms with Gasteiger partial charge in [-0.15, -0.1) is 0 Å². The zero-order valence-corrected chi connectivity index (χ0v) is 8.36. The van der Waals surface area contributed by atoms with Gasteiger partial charge in [-0.3, -0.25) is 9.59 Å². The Balaban J connectivity index is 2.44. The fourth-order valence-corrected chi connectivity index (χ4v) is 1.54. The minimum atomic E-state index is -0.202. The van der Waals surface area contributed by atoms with E-state index < -0.39 is 0 Å². The van der Waals surface area contributed by atoms with Crippen LogP contribution in [0.25, 0.3) is 0 Å². The van der Waals surface area contributed by atoms with E-state index in [1.54, 1.807) is 11.8 Å². The van der Waals surface area contributed by atoms with Gasteiger partial charge in [-0.1, -0.05) is 6.58 Å². The fraction of sp³-hybridized carbons (Fsp3) is 0.600. The van der Waals surface area contributed by atoms with E-state index in [2.05, 4.69) is 6.58 Å². The molecule has 1 heterocycles. The van der Waals surface area contributed by atoms with Crippen LogP contribution in [0, 0.1) is 5.92 Å². The molecule has 0 aromatic heterocycles. The highest BCUT2D eigenvalue weighted by Crippen LogP contribution is 2.17. The van der Waals surface area contributed by atoms with Crippen LogP contribution in [0.1, 0.15) is 13.3 Å². The maximum Gasteiger partial charge on any atom is 0.310 e. The highest BCUT2D eigenvalue weighted by molar-refractivity contribution is 5.88. The van der Waals surface area contributed by atoms with E-state index in [0.29, 0.717) is 26.1 Å². The van der Waals surface area contributed by atoms with E-state index in [-0.39, 0.29) is 17.8 Å². The number of esters is 1. The first kappa shape index (κ1) is 10.8. The van der Waals surface area contributed by atoms with Gasteiger partial charge in [0.25, 0.3) is 0 Å². The summed E-state index contributed by atoms with van der Waals surface area (Å²) < 4.78 is 4.88. The van der Waals surface area contributed by atoms with Gasteiger partial charge in [0.2, 0.25) is 5.91 Å². The Morgan fingerprint density at radius 2 is 2.36 bits per heavy atom. The van der Waals surface area contributed by atoms with Crippen LogP contribution < -0.4 is 0 Å². The third kappa shape index (κ3) is 2.34. The van der Waals surface area contributed by atoms with E-state index in [0.717, 1.165) is 0 Å². The van der Waals surface area contributed by atoms with Gasteiger partial charge in [0.05, 0.1) is 12.5 Å². The Hall–Kier alpha value is -1.32. The number of carbonyl (C=O) groups is 2. The standard InChI is InChI=1S/C10H15NO3/c1-3-9(12)11-6-5-8(7-11)10(13)14-4-2/h3,8H,1,4-7H2,2H3. The van der Waals surface area contributed by atoms with Crippen molar-refractivity contribution in [3.63, 3.8) is 0 Å². The first-order valence-corrected chi connectivity index (χ1v) is 4.77. The number of hydrogen-bond acceptors (Lipinski definition) is 3. The summed E-state index contributed by atoms with van der Waals surface area (Å²) in [5.41, 5.74) is 0. The summed E-state index contributed by atoms with van der Waals surface area (Å²) in [7, 11) is 0. The van der Waals surface area contributed by atoms with Gasteiger partial charge in [-0.2, -0.15) is 0 Å². The van der Waals surface area contributed by atoms with Gasteiger partial charge in [-0.05, 0) is 19.4 Å². The van der Waals surface area contributed by atoms with Crippen molar-refractivity contribution < 1.29 is 14.3 Å². The molecule has 0 aromatic rings. The number of carbonyl (C=O) groups excluding carboxylic acids is 2. The average Bonchev–Trinajstić information content (AvgIpc) is 2.66. The molecule has 0 saturated carbocycles.